The summed E-state index contributed by atoms with van der Waals surface area (Å²) in [4.78, 5) is 41.0. The molecule has 1 saturated heterocycles. The van der Waals surface area contributed by atoms with Crippen molar-refractivity contribution in [2.75, 3.05) is 13.1 Å². The smallest absolute Gasteiger partial charge is 0.254 e. The molecule has 0 aromatic heterocycles. The van der Waals surface area contributed by atoms with Crippen LogP contribution in [0.2, 0.25) is 0 Å². The third-order valence-electron chi connectivity index (χ3n) is 6.63. The van der Waals surface area contributed by atoms with Crippen molar-refractivity contribution in [2.24, 2.45) is 5.92 Å². The number of carbonyl (C=O) groups excluding carboxylic acids is 3. The molecule has 2 unspecified atom stereocenters. The van der Waals surface area contributed by atoms with Crippen LogP contribution in [0, 0.1) is 19.8 Å². The van der Waals surface area contributed by atoms with Gasteiger partial charge in [0.25, 0.3) is 11.8 Å². The quantitative estimate of drug-likeness (QED) is 0.674. The molecule has 0 radical (unpaired) electrons. The summed E-state index contributed by atoms with van der Waals surface area (Å²) in [5.74, 6) is -0.412. The van der Waals surface area contributed by atoms with Crippen LogP contribution in [-0.2, 0) is 4.79 Å². The van der Waals surface area contributed by atoms with E-state index in [-0.39, 0.29) is 29.7 Å². The van der Waals surface area contributed by atoms with Gasteiger partial charge in [-0.25, -0.2) is 0 Å². The summed E-state index contributed by atoms with van der Waals surface area (Å²) in [6, 6.07) is 14.4. The van der Waals surface area contributed by atoms with E-state index >= 15 is 0 Å². The second kappa shape index (κ2) is 11.1. The van der Waals surface area contributed by atoms with Crippen molar-refractivity contribution in [1.82, 2.24) is 15.5 Å². The molecule has 1 heterocycles. The van der Waals surface area contributed by atoms with E-state index in [1.165, 1.54) is 0 Å². The van der Waals surface area contributed by atoms with Gasteiger partial charge in [-0.2, -0.15) is 0 Å². The molecule has 33 heavy (non-hydrogen) atoms. The van der Waals surface area contributed by atoms with Crippen LogP contribution in [-0.4, -0.2) is 47.8 Å². The second-order valence-corrected chi connectivity index (χ2v) is 9.03. The lowest BCUT2D eigenvalue weighted by Crippen LogP contribution is -2.55. The average Bonchev–Trinajstić information content (AvgIpc) is 2.82. The van der Waals surface area contributed by atoms with Gasteiger partial charge in [-0.05, 0) is 69.2 Å². The van der Waals surface area contributed by atoms with Crippen LogP contribution < -0.4 is 10.6 Å². The number of rotatable bonds is 7. The van der Waals surface area contributed by atoms with E-state index in [0.717, 1.165) is 23.1 Å². The highest BCUT2D eigenvalue weighted by molar-refractivity contribution is 5.99. The van der Waals surface area contributed by atoms with Gasteiger partial charge < -0.3 is 15.5 Å². The van der Waals surface area contributed by atoms with Crippen molar-refractivity contribution < 1.29 is 14.4 Å². The fraction of sp³-hybridized carbons (Fsp3) is 0.444. The molecule has 2 aromatic carbocycles. The van der Waals surface area contributed by atoms with Crippen LogP contribution in [0.3, 0.4) is 0 Å². The van der Waals surface area contributed by atoms with E-state index < -0.39 is 6.04 Å². The van der Waals surface area contributed by atoms with Crippen molar-refractivity contribution in [3.63, 3.8) is 0 Å². The summed E-state index contributed by atoms with van der Waals surface area (Å²) in [5.41, 5.74) is 3.12. The maximum Gasteiger partial charge on any atom is 0.254 e. The molecule has 2 atom stereocenters. The Morgan fingerprint density at radius 1 is 0.909 bits per heavy atom. The fourth-order valence-corrected chi connectivity index (χ4v) is 4.30. The van der Waals surface area contributed by atoms with Crippen LogP contribution in [0.1, 0.15) is 65.0 Å². The van der Waals surface area contributed by atoms with Crippen molar-refractivity contribution >= 4 is 17.7 Å². The molecule has 1 aliphatic heterocycles. The van der Waals surface area contributed by atoms with Crippen LogP contribution >= 0.6 is 0 Å². The number of hydrogen-bond donors (Lipinski definition) is 2. The maximum atomic E-state index is 13.1. The number of benzene rings is 2. The van der Waals surface area contributed by atoms with Gasteiger partial charge in [0.05, 0.1) is 0 Å². The molecule has 1 aliphatic rings. The largest absolute Gasteiger partial charge is 0.352 e. The van der Waals surface area contributed by atoms with Crippen LogP contribution in [0.25, 0.3) is 0 Å². The summed E-state index contributed by atoms with van der Waals surface area (Å²) >= 11 is 0. The first-order chi connectivity index (χ1) is 15.8. The number of nitrogens with zero attached hydrogens (tertiary/aromatic N) is 1. The Hall–Kier alpha value is -3.15. The molecule has 2 aromatic rings. The second-order valence-electron chi connectivity index (χ2n) is 9.03. The number of carbonyl (C=O) groups is 3. The number of likely N-dealkylation sites (tertiary alicyclic amines) is 1. The zero-order chi connectivity index (χ0) is 24.0. The van der Waals surface area contributed by atoms with Crippen LogP contribution in [0.4, 0.5) is 0 Å². The van der Waals surface area contributed by atoms with Gasteiger partial charge in [0.2, 0.25) is 5.91 Å². The molecule has 3 amide bonds. The van der Waals surface area contributed by atoms with Gasteiger partial charge in [-0.15, -0.1) is 0 Å². The number of piperidine rings is 1. The third-order valence-corrected chi connectivity index (χ3v) is 6.63. The molecule has 176 valence electrons. The molecule has 0 saturated carbocycles. The molecule has 2 N–H and O–H groups in total. The normalized spacial score (nSPS) is 16.1. The average molecular weight is 450 g/mol. The lowest BCUT2D eigenvalue weighted by Gasteiger charge is -2.36. The Labute approximate surface area is 196 Å². The summed E-state index contributed by atoms with van der Waals surface area (Å²) in [6.07, 6.45) is 2.13. The lowest BCUT2D eigenvalue weighted by atomic mass is 9.87. The minimum absolute atomic E-state index is 0.0242. The predicted octanol–water partition coefficient (Wildman–Crippen LogP) is 3.87. The van der Waals surface area contributed by atoms with E-state index in [1.807, 2.05) is 75.1 Å². The van der Waals surface area contributed by atoms with Crippen molar-refractivity contribution in [3.05, 3.63) is 70.8 Å². The fourth-order valence-electron chi connectivity index (χ4n) is 4.30. The number of nitrogens with one attached hydrogen (secondary N) is 2. The van der Waals surface area contributed by atoms with Gasteiger partial charge in [-0.1, -0.05) is 43.3 Å². The summed E-state index contributed by atoms with van der Waals surface area (Å²) < 4.78 is 0. The zero-order valence-electron chi connectivity index (χ0n) is 20.1. The van der Waals surface area contributed by atoms with E-state index in [9.17, 15) is 14.4 Å². The molecule has 6 nitrogen and oxygen atoms in total. The molecule has 6 heteroatoms. The first-order valence-corrected chi connectivity index (χ1v) is 11.8. The van der Waals surface area contributed by atoms with Crippen LogP contribution in [0.5, 0.6) is 0 Å². The standard InChI is InChI=1S/C27H35N3O3/c1-5-20(4)28-26(32)24(29-25(31)22-12-8-6-10-18(22)2)21-14-16-30(17-15-21)27(33)23-13-9-7-11-19(23)3/h6-13,20-21,24H,5,14-17H2,1-4H3,(H,28,32)(H,29,31). The maximum absolute atomic E-state index is 13.1. The molecular formula is C27H35N3O3. The summed E-state index contributed by atoms with van der Waals surface area (Å²) in [6.45, 7) is 8.93. The van der Waals surface area contributed by atoms with E-state index in [2.05, 4.69) is 10.6 Å². The first kappa shape index (κ1) is 24.5. The Kier molecular flexibility index (Phi) is 8.26. The number of amides is 3. The van der Waals surface area contributed by atoms with E-state index in [4.69, 9.17) is 0 Å². The molecular weight excluding hydrogens is 414 g/mol. The van der Waals surface area contributed by atoms with Crippen molar-refractivity contribution in [2.45, 2.75) is 59.0 Å². The monoisotopic (exact) mass is 449 g/mol. The minimum atomic E-state index is -0.637. The summed E-state index contributed by atoms with van der Waals surface area (Å²) in [7, 11) is 0. The van der Waals surface area contributed by atoms with Gasteiger partial charge in [0.1, 0.15) is 6.04 Å². The number of hydrogen-bond acceptors (Lipinski definition) is 3. The first-order valence-electron chi connectivity index (χ1n) is 11.8. The molecule has 1 fully saturated rings. The zero-order valence-corrected chi connectivity index (χ0v) is 20.1. The number of aryl methyl sites for hydroxylation is 2. The molecule has 0 aliphatic carbocycles. The van der Waals surface area contributed by atoms with Gasteiger partial charge >= 0.3 is 0 Å². The third kappa shape index (κ3) is 6.01. The molecule has 0 spiro atoms. The Morgan fingerprint density at radius 2 is 1.45 bits per heavy atom. The topological polar surface area (TPSA) is 78.5 Å². The van der Waals surface area contributed by atoms with Gasteiger partial charge in [-0.3, -0.25) is 14.4 Å². The van der Waals surface area contributed by atoms with Crippen LogP contribution in [0.15, 0.2) is 48.5 Å². The Bertz CT molecular complexity index is 996. The van der Waals surface area contributed by atoms with Crippen molar-refractivity contribution in [1.29, 1.82) is 0 Å². The lowest BCUT2D eigenvalue weighted by molar-refractivity contribution is -0.125. The molecule has 0 bridgehead atoms. The van der Waals surface area contributed by atoms with Gasteiger partial charge in [0.15, 0.2) is 0 Å². The minimum Gasteiger partial charge on any atom is -0.352 e. The summed E-state index contributed by atoms with van der Waals surface area (Å²) in [5, 5.41) is 6.04. The van der Waals surface area contributed by atoms with E-state index in [0.29, 0.717) is 31.5 Å². The van der Waals surface area contributed by atoms with Gasteiger partial charge in [0, 0.05) is 30.3 Å². The van der Waals surface area contributed by atoms with Crippen molar-refractivity contribution in [3.8, 4) is 0 Å². The highest BCUT2D eigenvalue weighted by Crippen LogP contribution is 2.24. The predicted molar refractivity (Wildman–Crippen MR) is 130 cm³/mol. The Morgan fingerprint density at radius 3 is 2.00 bits per heavy atom. The highest BCUT2D eigenvalue weighted by atomic mass is 16.2. The highest BCUT2D eigenvalue weighted by Gasteiger charge is 2.34. The van der Waals surface area contributed by atoms with E-state index in [1.54, 1.807) is 6.07 Å². The molecule has 3 rings (SSSR count). The Balaban J connectivity index is 1.72. The SMILES string of the molecule is CCC(C)NC(=O)C(NC(=O)c1ccccc1C)C1CCN(C(=O)c2ccccc2C)CC1.